The second kappa shape index (κ2) is 6.07. The number of hydrogen-bond acceptors (Lipinski definition) is 4. The maximum atomic E-state index is 11.5. The van der Waals surface area contributed by atoms with Gasteiger partial charge in [0, 0.05) is 13.7 Å². The lowest BCUT2D eigenvalue weighted by molar-refractivity contribution is 0.0611. The molecule has 6 heteroatoms. The Labute approximate surface area is 96.8 Å². The molecule has 0 aliphatic heterocycles. The Morgan fingerprint density at radius 3 is 3.00 bits per heavy atom. The van der Waals surface area contributed by atoms with Crippen molar-refractivity contribution in [3.05, 3.63) is 21.3 Å². The van der Waals surface area contributed by atoms with E-state index in [9.17, 15) is 9.90 Å². The van der Waals surface area contributed by atoms with E-state index in [1.54, 1.807) is 12.1 Å². The van der Waals surface area contributed by atoms with Crippen molar-refractivity contribution in [2.45, 2.75) is 6.10 Å². The van der Waals surface area contributed by atoms with Crippen LogP contribution in [0.2, 0.25) is 4.34 Å². The first-order valence-corrected chi connectivity index (χ1v) is 5.53. The Bertz CT molecular complexity index is 329. The van der Waals surface area contributed by atoms with Gasteiger partial charge in [-0.15, -0.1) is 11.3 Å². The van der Waals surface area contributed by atoms with Gasteiger partial charge in [0.25, 0.3) is 5.91 Å². The summed E-state index contributed by atoms with van der Waals surface area (Å²) in [5.41, 5.74) is 0. The van der Waals surface area contributed by atoms with Crippen LogP contribution in [0.15, 0.2) is 12.1 Å². The molecule has 0 fully saturated rings. The first-order chi connectivity index (χ1) is 7.13. The van der Waals surface area contributed by atoms with E-state index < -0.39 is 6.10 Å². The van der Waals surface area contributed by atoms with Crippen LogP contribution in [0, 0.1) is 0 Å². The van der Waals surface area contributed by atoms with Gasteiger partial charge in [0.15, 0.2) is 0 Å². The molecule has 0 saturated carbocycles. The van der Waals surface area contributed by atoms with Crippen LogP contribution in [0.1, 0.15) is 9.67 Å². The number of thiophene rings is 1. The zero-order valence-electron chi connectivity index (χ0n) is 8.20. The van der Waals surface area contributed by atoms with Gasteiger partial charge in [-0.3, -0.25) is 4.79 Å². The third kappa shape index (κ3) is 4.17. The molecular weight excluding hydrogens is 238 g/mol. The van der Waals surface area contributed by atoms with Gasteiger partial charge in [0.1, 0.15) is 0 Å². The van der Waals surface area contributed by atoms with Crippen LogP contribution in [-0.4, -0.2) is 37.4 Å². The minimum atomic E-state index is -0.686. The van der Waals surface area contributed by atoms with E-state index in [-0.39, 0.29) is 19.1 Å². The van der Waals surface area contributed by atoms with Gasteiger partial charge >= 0.3 is 0 Å². The molecule has 2 N–H and O–H groups in total. The van der Waals surface area contributed by atoms with Crippen LogP contribution >= 0.6 is 22.9 Å². The van der Waals surface area contributed by atoms with E-state index in [1.165, 1.54) is 18.4 Å². The highest BCUT2D eigenvalue weighted by Crippen LogP contribution is 2.20. The summed E-state index contributed by atoms with van der Waals surface area (Å²) in [6.45, 7) is 0.369. The smallest absolute Gasteiger partial charge is 0.261 e. The maximum Gasteiger partial charge on any atom is 0.261 e. The quantitative estimate of drug-likeness (QED) is 0.823. The Kier molecular flexibility index (Phi) is 5.04. The molecular formula is C9H12ClNO3S. The minimum absolute atomic E-state index is 0.169. The zero-order valence-corrected chi connectivity index (χ0v) is 9.77. The van der Waals surface area contributed by atoms with Crippen molar-refractivity contribution >= 4 is 28.8 Å². The van der Waals surface area contributed by atoms with E-state index in [0.29, 0.717) is 9.21 Å². The van der Waals surface area contributed by atoms with Crippen molar-refractivity contribution < 1.29 is 14.6 Å². The van der Waals surface area contributed by atoms with Crippen LogP contribution < -0.4 is 5.32 Å². The number of aliphatic hydroxyl groups is 1. The van der Waals surface area contributed by atoms with E-state index in [1.807, 2.05) is 0 Å². The lowest BCUT2D eigenvalue weighted by atomic mass is 10.3. The van der Waals surface area contributed by atoms with Gasteiger partial charge in [0.2, 0.25) is 0 Å². The monoisotopic (exact) mass is 249 g/mol. The molecule has 0 saturated heterocycles. The Hall–Kier alpha value is -0.620. The van der Waals surface area contributed by atoms with E-state index >= 15 is 0 Å². The normalized spacial score (nSPS) is 12.5. The number of halogens is 1. The zero-order chi connectivity index (χ0) is 11.3. The second-order valence-corrected chi connectivity index (χ2v) is 4.64. The molecule has 0 aromatic carbocycles. The molecule has 0 spiro atoms. The fraction of sp³-hybridized carbons (Fsp3) is 0.444. The Morgan fingerprint density at radius 1 is 1.73 bits per heavy atom. The highest BCUT2D eigenvalue weighted by Gasteiger charge is 2.10. The first-order valence-electron chi connectivity index (χ1n) is 4.34. The van der Waals surface area contributed by atoms with Gasteiger partial charge < -0.3 is 15.2 Å². The molecule has 1 aromatic heterocycles. The van der Waals surface area contributed by atoms with Crippen molar-refractivity contribution in [2.75, 3.05) is 20.3 Å². The van der Waals surface area contributed by atoms with Crippen LogP contribution in [0.3, 0.4) is 0 Å². The summed E-state index contributed by atoms with van der Waals surface area (Å²) in [6, 6.07) is 3.30. The van der Waals surface area contributed by atoms with Crippen molar-refractivity contribution in [1.29, 1.82) is 0 Å². The number of rotatable bonds is 5. The first kappa shape index (κ1) is 12.4. The third-order valence-electron chi connectivity index (χ3n) is 1.65. The number of methoxy groups -OCH3 is 1. The van der Waals surface area contributed by atoms with Gasteiger partial charge in [-0.2, -0.15) is 0 Å². The fourth-order valence-electron chi connectivity index (χ4n) is 0.985. The molecule has 0 aliphatic rings. The average Bonchev–Trinajstić information content (AvgIpc) is 2.62. The number of carbonyl (C=O) groups is 1. The van der Waals surface area contributed by atoms with E-state index in [4.69, 9.17) is 16.3 Å². The van der Waals surface area contributed by atoms with Crippen molar-refractivity contribution in [2.24, 2.45) is 0 Å². The van der Waals surface area contributed by atoms with Gasteiger partial charge in [-0.1, -0.05) is 11.6 Å². The number of amides is 1. The Morgan fingerprint density at radius 2 is 2.47 bits per heavy atom. The molecule has 1 unspecified atom stereocenters. The average molecular weight is 250 g/mol. The number of aliphatic hydroxyl groups excluding tert-OH is 1. The highest BCUT2D eigenvalue weighted by atomic mass is 35.5. The summed E-state index contributed by atoms with van der Waals surface area (Å²) in [5.74, 6) is -0.234. The topological polar surface area (TPSA) is 58.6 Å². The molecule has 0 radical (unpaired) electrons. The van der Waals surface area contributed by atoms with E-state index in [2.05, 4.69) is 5.32 Å². The fourth-order valence-corrected chi connectivity index (χ4v) is 1.94. The highest BCUT2D eigenvalue weighted by molar-refractivity contribution is 7.17. The summed E-state index contributed by atoms with van der Waals surface area (Å²) in [4.78, 5) is 12.0. The molecule has 4 nitrogen and oxygen atoms in total. The number of carbonyl (C=O) groups excluding carboxylic acids is 1. The molecule has 1 rings (SSSR count). The predicted molar refractivity (Wildman–Crippen MR) is 59.5 cm³/mol. The van der Waals surface area contributed by atoms with Gasteiger partial charge in [0.05, 0.1) is 21.9 Å². The molecule has 1 amide bonds. The molecule has 0 bridgehead atoms. The lowest BCUT2D eigenvalue weighted by Gasteiger charge is -2.09. The molecule has 1 aromatic rings. The van der Waals surface area contributed by atoms with Crippen LogP contribution in [0.4, 0.5) is 0 Å². The third-order valence-corrected chi connectivity index (χ3v) is 2.88. The second-order valence-electron chi connectivity index (χ2n) is 2.92. The van der Waals surface area contributed by atoms with Crippen LogP contribution in [-0.2, 0) is 4.74 Å². The summed E-state index contributed by atoms with van der Waals surface area (Å²) >= 11 is 6.89. The van der Waals surface area contributed by atoms with Crippen molar-refractivity contribution in [3.8, 4) is 0 Å². The number of hydrogen-bond donors (Lipinski definition) is 2. The minimum Gasteiger partial charge on any atom is -0.389 e. The Balaban J connectivity index is 2.36. The predicted octanol–water partition coefficient (Wildman–Crippen LogP) is 1.14. The van der Waals surface area contributed by atoms with Crippen LogP contribution in [0.25, 0.3) is 0 Å². The standard InChI is InChI=1S/C9H12ClNO3S/c1-14-5-6(12)4-11-9(13)7-2-3-8(10)15-7/h2-3,6,12H,4-5H2,1H3,(H,11,13). The van der Waals surface area contributed by atoms with Gasteiger partial charge in [-0.25, -0.2) is 0 Å². The summed E-state index contributed by atoms with van der Waals surface area (Å²) < 4.78 is 5.29. The molecule has 1 heterocycles. The SMILES string of the molecule is COCC(O)CNC(=O)c1ccc(Cl)s1. The molecule has 1 atom stereocenters. The van der Waals surface area contributed by atoms with Gasteiger partial charge in [-0.05, 0) is 12.1 Å². The summed E-state index contributed by atoms with van der Waals surface area (Å²) in [6.07, 6.45) is -0.686. The van der Waals surface area contributed by atoms with Crippen LogP contribution in [0.5, 0.6) is 0 Å². The van der Waals surface area contributed by atoms with E-state index in [0.717, 1.165) is 0 Å². The summed E-state index contributed by atoms with van der Waals surface area (Å²) in [7, 11) is 1.49. The number of ether oxygens (including phenoxy) is 1. The van der Waals surface area contributed by atoms with Crippen molar-refractivity contribution in [3.63, 3.8) is 0 Å². The lowest BCUT2D eigenvalue weighted by Crippen LogP contribution is -2.33. The maximum absolute atomic E-state index is 11.5. The largest absolute Gasteiger partial charge is 0.389 e. The number of nitrogens with one attached hydrogen (secondary N) is 1. The van der Waals surface area contributed by atoms with Crippen molar-refractivity contribution in [1.82, 2.24) is 5.32 Å². The molecule has 15 heavy (non-hydrogen) atoms. The molecule has 0 aliphatic carbocycles. The summed E-state index contributed by atoms with van der Waals surface area (Å²) in [5, 5.41) is 11.9. The molecule has 84 valence electrons.